The van der Waals surface area contributed by atoms with Crippen LogP contribution in [0.4, 0.5) is 0 Å². The predicted octanol–water partition coefficient (Wildman–Crippen LogP) is 3.79. The lowest BCUT2D eigenvalue weighted by atomic mass is 10.0. The van der Waals surface area contributed by atoms with Crippen molar-refractivity contribution in [2.45, 2.75) is 19.8 Å². The van der Waals surface area contributed by atoms with E-state index in [0.29, 0.717) is 21.0 Å². The molecule has 0 aliphatic carbocycles. The third-order valence-electron chi connectivity index (χ3n) is 2.91. The van der Waals surface area contributed by atoms with E-state index in [1.165, 1.54) is 0 Å². The molecule has 100 valence electrons. The molecule has 0 atom stereocenters. The van der Waals surface area contributed by atoms with Gasteiger partial charge in [0.05, 0.1) is 16.0 Å². The van der Waals surface area contributed by atoms with Crippen molar-refractivity contribution in [1.29, 1.82) is 0 Å². The van der Waals surface area contributed by atoms with Crippen LogP contribution in [0.3, 0.4) is 0 Å². The van der Waals surface area contributed by atoms with Crippen molar-refractivity contribution in [3.63, 3.8) is 0 Å². The number of H-pyrrole nitrogens is 1. The molecule has 1 aromatic heterocycles. The van der Waals surface area contributed by atoms with Crippen molar-refractivity contribution in [1.82, 2.24) is 4.98 Å². The van der Waals surface area contributed by atoms with E-state index in [1.54, 1.807) is 12.1 Å². The zero-order valence-corrected chi connectivity index (χ0v) is 12.5. The predicted molar refractivity (Wildman–Crippen MR) is 81.4 cm³/mol. The smallest absolute Gasteiger partial charge is 0.223 e. The second-order valence-electron chi connectivity index (χ2n) is 4.22. The Morgan fingerprint density at radius 2 is 2.11 bits per heavy atom. The molecule has 2 aromatic rings. The van der Waals surface area contributed by atoms with Crippen molar-refractivity contribution in [3.05, 3.63) is 37.9 Å². The number of carbonyl (C=O) groups is 1. The fourth-order valence-electron chi connectivity index (χ4n) is 2.13. The number of fused-ring (bicyclic) bond motifs is 1. The first-order valence-electron chi connectivity index (χ1n) is 5.75. The summed E-state index contributed by atoms with van der Waals surface area (Å²) in [4.78, 5) is 14.3. The molecule has 0 saturated carbocycles. The van der Waals surface area contributed by atoms with Crippen molar-refractivity contribution < 1.29 is 4.79 Å². The van der Waals surface area contributed by atoms with Gasteiger partial charge in [-0.2, -0.15) is 0 Å². The van der Waals surface area contributed by atoms with Crippen LogP contribution in [-0.2, 0) is 17.6 Å². The Bertz CT molecular complexity index is 725. The van der Waals surface area contributed by atoms with Gasteiger partial charge in [0.25, 0.3) is 0 Å². The Labute approximate surface area is 125 Å². The highest BCUT2D eigenvalue weighted by Gasteiger charge is 2.12. The highest BCUT2D eigenvalue weighted by molar-refractivity contribution is 7.71. The Morgan fingerprint density at radius 3 is 2.68 bits per heavy atom. The minimum atomic E-state index is -0.409. The van der Waals surface area contributed by atoms with Crippen LogP contribution in [0.2, 0.25) is 10.0 Å². The van der Waals surface area contributed by atoms with Crippen LogP contribution < -0.4 is 5.73 Å². The zero-order chi connectivity index (χ0) is 14.2. The molecule has 3 nitrogen and oxygen atoms in total. The average Bonchev–Trinajstić information content (AvgIpc) is 2.26. The molecule has 1 heterocycles. The first-order valence-corrected chi connectivity index (χ1v) is 6.91. The SMILES string of the molecule is CCc1c(CC(N)=O)[nH]c2cc(Cl)cc(Cl)c2c1=S. The fourth-order valence-corrected chi connectivity index (χ4v) is 3.26. The van der Waals surface area contributed by atoms with Gasteiger partial charge in [0, 0.05) is 21.6 Å². The van der Waals surface area contributed by atoms with E-state index in [1.807, 2.05) is 6.92 Å². The van der Waals surface area contributed by atoms with Gasteiger partial charge in [-0.15, -0.1) is 0 Å². The molecular weight excluding hydrogens is 303 g/mol. The highest BCUT2D eigenvalue weighted by Crippen LogP contribution is 2.30. The molecule has 6 heteroatoms. The summed E-state index contributed by atoms with van der Waals surface area (Å²) < 4.78 is 0.647. The molecular formula is C13H12Cl2N2OS. The van der Waals surface area contributed by atoms with Crippen LogP contribution in [0.15, 0.2) is 12.1 Å². The highest BCUT2D eigenvalue weighted by atomic mass is 35.5. The van der Waals surface area contributed by atoms with Crippen LogP contribution in [0.5, 0.6) is 0 Å². The van der Waals surface area contributed by atoms with Gasteiger partial charge in [-0.3, -0.25) is 4.79 Å². The summed E-state index contributed by atoms with van der Waals surface area (Å²) in [5.41, 5.74) is 7.60. The molecule has 1 amide bonds. The van der Waals surface area contributed by atoms with Crippen LogP contribution >= 0.6 is 35.4 Å². The van der Waals surface area contributed by atoms with Gasteiger partial charge < -0.3 is 10.7 Å². The number of amides is 1. The third-order valence-corrected chi connectivity index (χ3v) is 3.88. The number of primary amides is 1. The number of hydrogen-bond acceptors (Lipinski definition) is 2. The van der Waals surface area contributed by atoms with Crippen molar-refractivity contribution in [3.8, 4) is 0 Å². The van der Waals surface area contributed by atoms with E-state index < -0.39 is 5.91 Å². The number of hydrogen-bond donors (Lipinski definition) is 2. The molecule has 0 radical (unpaired) electrons. The van der Waals surface area contributed by atoms with Gasteiger partial charge in [-0.25, -0.2) is 0 Å². The fraction of sp³-hybridized carbons (Fsp3) is 0.231. The molecule has 0 bridgehead atoms. The number of aromatic amines is 1. The van der Waals surface area contributed by atoms with Crippen molar-refractivity contribution in [2.24, 2.45) is 5.73 Å². The first-order chi connectivity index (χ1) is 8.93. The van der Waals surface area contributed by atoms with Crippen molar-refractivity contribution in [2.75, 3.05) is 0 Å². The lowest BCUT2D eigenvalue weighted by molar-refractivity contribution is -0.117. The Balaban J connectivity index is 2.85. The van der Waals surface area contributed by atoms with Crippen LogP contribution in [0.1, 0.15) is 18.2 Å². The standard InChI is InChI=1S/C13H12Cl2N2OS/c1-2-7-9(5-11(16)18)17-10-4-6(14)3-8(15)12(10)13(7)19/h3-4H,2,5H2,1H3,(H2,16,18)(H,17,19). The summed E-state index contributed by atoms with van der Waals surface area (Å²) in [5, 5.41) is 1.77. The Hall–Kier alpha value is -1.10. The molecule has 2 rings (SSSR count). The van der Waals surface area contributed by atoms with Gasteiger partial charge in [0.1, 0.15) is 0 Å². The van der Waals surface area contributed by atoms with E-state index in [-0.39, 0.29) is 6.42 Å². The molecule has 0 saturated heterocycles. The molecule has 0 aliphatic rings. The van der Waals surface area contributed by atoms with E-state index >= 15 is 0 Å². The molecule has 0 aliphatic heterocycles. The summed E-state index contributed by atoms with van der Waals surface area (Å²) in [6.45, 7) is 1.97. The molecule has 3 N–H and O–H groups in total. The molecule has 1 aromatic carbocycles. The molecule has 0 spiro atoms. The minimum absolute atomic E-state index is 0.118. The van der Waals surface area contributed by atoms with Crippen LogP contribution in [0.25, 0.3) is 10.9 Å². The summed E-state index contributed by atoms with van der Waals surface area (Å²) in [5.74, 6) is -0.409. The average molecular weight is 315 g/mol. The number of aromatic nitrogens is 1. The largest absolute Gasteiger partial charge is 0.369 e. The lowest BCUT2D eigenvalue weighted by Crippen LogP contribution is -2.16. The van der Waals surface area contributed by atoms with Gasteiger partial charge in [-0.05, 0) is 24.1 Å². The lowest BCUT2D eigenvalue weighted by Gasteiger charge is -2.11. The maximum absolute atomic E-state index is 11.1. The van der Waals surface area contributed by atoms with Gasteiger partial charge in [0.2, 0.25) is 5.91 Å². The molecule has 0 unspecified atom stereocenters. The Kier molecular flexibility index (Phi) is 4.13. The molecule has 0 fully saturated rings. The number of carbonyl (C=O) groups excluding carboxylic acids is 1. The summed E-state index contributed by atoms with van der Waals surface area (Å²) in [6.07, 6.45) is 0.819. The normalized spacial score (nSPS) is 10.9. The van der Waals surface area contributed by atoms with E-state index in [9.17, 15) is 4.79 Å². The maximum atomic E-state index is 11.1. The second kappa shape index (κ2) is 5.49. The van der Waals surface area contributed by atoms with E-state index in [0.717, 1.165) is 22.2 Å². The summed E-state index contributed by atoms with van der Waals surface area (Å²) >= 11 is 17.6. The number of benzene rings is 1. The second-order valence-corrected chi connectivity index (χ2v) is 5.47. The maximum Gasteiger partial charge on any atom is 0.223 e. The van der Waals surface area contributed by atoms with Gasteiger partial charge in [0.15, 0.2) is 0 Å². The number of halogens is 2. The van der Waals surface area contributed by atoms with Gasteiger partial charge >= 0.3 is 0 Å². The topological polar surface area (TPSA) is 58.9 Å². The number of rotatable bonds is 3. The minimum Gasteiger partial charge on any atom is -0.369 e. The van der Waals surface area contributed by atoms with Crippen LogP contribution in [0, 0.1) is 4.51 Å². The number of pyridine rings is 1. The number of nitrogens with two attached hydrogens (primary N) is 1. The van der Waals surface area contributed by atoms with Crippen molar-refractivity contribution >= 4 is 52.2 Å². The summed E-state index contributed by atoms with van der Waals surface area (Å²) in [6, 6.07) is 3.39. The van der Waals surface area contributed by atoms with Crippen LogP contribution in [-0.4, -0.2) is 10.9 Å². The quantitative estimate of drug-likeness (QED) is 0.847. The van der Waals surface area contributed by atoms with E-state index in [2.05, 4.69) is 4.98 Å². The first kappa shape index (κ1) is 14.3. The van der Waals surface area contributed by atoms with E-state index in [4.69, 9.17) is 41.2 Å². The monoisotopic (exact) mass is 314 g/mol. The third kappa shape index (κ3) is 2.76. The van der Waals surface area contributed by atoms with Gasteiger partial charge in [-0.1, -0.05) is 42.3 Å². The number of nitrogens with one attached hydrogen (secondary N) is 1. The Morgan fingerprint density at radius 1 is 1.42 bits per heavy atom. The zero-order valence-electron chi connectivity index (χ0n) is 10.2. The summed E-state index contributed by atoms with van der Waals surface area (Å²) in [7, 11) is 0. The molecule has 19 heavy (non-hydrogen) atoms.